The fraction of sp³-hybridized carbons (Fsp3) is 0.643. The Kier molecular flexibility index (Phi) is 3.66. The first kappa shape index (κ1) is 12.2. The maximum Gasteiger partial charge on any atom is 0.261 e. The lowest BCUT2D eigenvalue weighted by atomic mass is 9.99. The van der Waals surface area contributed by atoms with Crippen LogP contribution < -0.4 is 10.6 Å². The lowest BCUT2D eigenvalue weighted by Crippen LogP contribution is -2.45. The topological polar surface area (TPSA) is 41.1 Å². The number of amides is 1. The molecular weight excluding hydrogens is 244 g/mol. The number of aryl methyl sites for hydroxylation is 2. The minimum Gasteiger partial charge on any atom is -0.347 e. The molecule has 2 heterocycles. The van der Waals surface area contributed by atoms with Crippen LogP contribution in [0.3, 0.4) is 0 Å². The second-order valence-corrected chi connectivity index (χ2v) is 6.42. The van der Waals surface area contributed by atoms with Gasteiger partial charge in [-0.15, -0.1) is 11.3 Å². The van der Waals surface area contributed by atoms with Crippen molar-refractivity contribution in [2.75, 3.05) is 13.1 Å². The van der Waals surface area contributed by atoms with E-state index in [0.29, 0.717) is 6.04 Å². The molecule has 0 unspecified atom stereocenters. The third kappa shape index (κ3) is 2.59. The zero-order valence-electron chi connectivity index (χ0n) is 10.6. The van der Waals surface area contributed by atoms with Crippen LogP contribution in [-0.2, 0) is 12.8 Å². The molecule has 0 aromatic carbocycles. The lowest BCUT2D eigenvalue weighted by Gasteiger charge is -2.23. The summed E-state index contributed by atoms with van der Waals surface area (Å²) in [6.45, 7) is 2.00. The largest absolute Gasteiger partial charge is 0.347 e. The summed E-state index contributed by atoms with van der Waals surface area (Å²) in [5.41, 5.74) is 1.41. The molecule has 0 saturated carbocycles. The summed E-state index contributed by atoms with van der Waals surface area (Å²) < 4.78 is 0. The third-order valence-electron chi connectivity index (χ3n) is 3.85. The Morgan fingerprint density at radius 3 is 3.00 bits per heavy atom. The van der Waals surface area contributed by atoms with Crippen molar-refractivity contribution in [1.82, 2.24) is 10.6 Å². The third-order valence-corrected chi connectivity index (χ3v) is 5.09. The minimum atomic E-state index is 0.128. The first-order valence-corrected chi connectivity index (χ1v) is 7.78. The van der Waals surface area contributed by atoms with Crippen LogP contribution in [0.2, 0.25) is 0 Å². The second kappa shape index (κ2) is 5.41. The van der Waals surface area contributed by atoms with Gasteiger partial charge in [0.25, 0.3) is 5.91 Å². The van der Waals surface area contributed by atoms with E-state index in [2.05, 4.69) is 16.7 Å². The predicted octanol–water partition coefficient (Wildman–Crippen LogP) is 2.11. The number of nitrogens with one attached hydrogen (secondary N) is 2. The summed E-state index contributed by atoms with van der Waals surface area (Å²) >= 11 is 1.70. The van der Waals surface area contributed by atoms with Crippen LogP contribution in [0.15, 0.2) is 6.07 Å². The first-order chi connectivity index (χ1) is 8.83. The number of carbonyl (C=O) groups is 1. The zero-order valence-corrected chi connectivity index (χ0v) is 11.4. The molecular formula is C14H20N2OS. The Hall–Kier alpha value is -0.870. The highest BCUT2D eigenvalue weighted by atomic mass is 32.1. The molecule has 0 bridgehead atoms. The molecule has 2 aliphatic rings. The summed E-state index contributed by atoms with van der Waals surface area (Å²) in [4.78, 5) is 14.6. The van der Waals surface area contributed by atoms with Crippen LogP contribution in [0.1, 0.15) is 45.8 Å². The monoisotopic (exact) mass is 264 g/mol. The van der Waals surface area contributed by atoms with Crippen molar-refractivity contribution in [1.29, 1.82) is 0 Å². The highest BCUT2D eigenvalue weighted by molar-refractivity contribution is 7.14. The normalized spacial score (nSPS) is 23.4. The molecule has 1 saturated heterocycles. The summed E-state index contributed by atoms with van der Waals surface area (Å²) in [5.74, 6) is 0.128. The van der Waals surface area contributed by atoms with Gasteiger partial charge in [0, 0.05) is 17.5 Å². The molecule has 0 radical (unpaired) electrons. The fourth-order valence-corrected chi connectivity index (χ4v) is 3.99. The number of carbonyl (C=O) groups excluding carboxylic acids is 1. The predicted molar refractivity (Wildman–Crippen MR) is 74.3 cm³/mol. The number of piperidine rings is 1. The molecule has 3 nitrogen and oxygen atoms in total. The van der Waals surface area contributed by atoms with Gasteiger partial charge < -0.3 is 10.6 Å². The van der Waals surface area contributed by atoms with E-state index in [1.807, 2.05) is 0 Å². The summed E-state index contributed by atoms with van der Waals surface area (Å²) in [5, 5.41) is 6.48. The minimum absolute atomic E-state index is 0.128. The molecule has 98 valence electrons. The molecule has 0 spiro atoms. The van der Waals surface area contributed by atoms with Crippen LogP contribution in [-0.4, -0.2) is 25.0 Å². The average molecular weight is 264 g/mol. The summed E-state index contributed by atoms with van der Waals surface area (Å²) in [7, 11) is 0. The zero-order chi connectivity index (χ0) is 12.4. The van der Waals surface area contributed by atoms with Crippen LogP contribution in [0.25, 0.3) is 0 Å². The van der Waals surface area contributed by atoms with Crippen molar-refractivity contribution in [2.24, 2.45) is 0 Å². The molecule has 18 heavy (non-hydrogen) atoms. The van der Waals surface area contributed by atoms with Crippen molar-refractivity contribution in [3.8, 4) is 0 Å². The molecule has 4 heteroatoms. The van der Waals surface area contributed by atoms with E-state index in [4.69, 9.17) is 0 Å². The molecule has 1 fully saturated rings. The van der Waals surface area contributed by atoms with Crippen molar-refractivity contribution in [2.45, 2.75) is 44.6 Å². The van der Waals surface area contributed by atoms with E-state index in [0.717, 1.165) is 43.6 Å². The molecule has 1 aliphatic carbocycles. The molecule has 1 aromatic rings. The Bertz CT molecular complexity index is 412. The van der Waals surface area contributed by atoms with Crippen molar-refractivity contribution < 1.29 is 4.79 Å². The number of thiophene rings is 1. The van der Waals surface area contributed by atoms with E-state index >= 15 is 0 Å². The number of hydrogen-bond acceptors (Lipinski definition) is 3. The SMILES string of the molecule is O=C(N[C@@H]1CCCNC1)c1cc2c(s1)CCCC2. The van der Waals surface area contributed by atoms with E-state index < -0.39 is 0 Å². The second-order valence-electron chi connectivity index (χ2n) is 5.28. The van der Waals surface area contributed by atoms with Gasteiger partial charge in [0.15, 0.2) is 0 Å². The molecule has 1 aliphatic heterocycles. The Morgan fingerprint density at radius 2 is 2.22 bits per heavy atom. The van der Waals surface area contributed by atoms with Crippen molar-refractivity contribution in [3.05, 3.63) is 21.4 Å². The molecule has 2 N–H and O–H groups in total. The van der Waals surface area contributed by atoms with Gasteiger partial charge in [0.1, 0.15) is 0 Å². The lowest BCUT2D eigenvalue weighted by molar-refractivity contribution is 0.0935. The molecule has 1 atom stereocenters. The number of fused-ring (bicyclic) bond motifs is 1. The van der Waals surface area contributed by atoms with Crippen LogP contribution in [0.4, 0.5) is 0 Å². The van der Waals surface area contributed by atoms with E-state index in [1.54, 1.807) is 11.3 Å². The van der Waals surface area contributed by atoms with Gasteiger partial charge in [-0.1, -0.05) is 0 Å². The van der Waals surface area contributed by atoms with Gasteiger partial charge in [0.2, 0.25) is 0 Å². The quantitative estimate of drug-likeness (QED) is 0.859. The van der Waals surface area contributed by atoms with E-state index in [-0.39, 0.29) is 5.91 Å². The first-order valence-electron chi connectivity index (χ1n) is 6.96. The summed E-state index contributed by atoms with van der Waals surface area (Å²) in [6.07, 6.45) is 7.14. The van der Waals surface area contributed by atoms with Crippen LogP contribution >= 0.6 is 11.3 Å². The van der Waals surface area contributed by atoms with Crippen molar-refractivity contribution >= 4 is 17.2 Å². The fourth-order valence-electron chi connectivity index (χ4n) is 2.83. The van der Waals surface area contributed by atoms with Gasteiger partial charge in [-0.05, 0) is 56.7 Å². The van der Waals surface area contributed by atoms with Crippen molar-refractivity contribution in [3.63, 3.8) is 0 Å². The molecule has 1 aromatic heterocycles. The Morgan fingerprint density at radius 1 is 1.33 bits per heavy atom. The summed E-state index contributed by atoms with van der Waals surface area (Å²) in [6, 6.07) is 2.43. The maximum absolute atomic E-state index is 12.2. The Labute approximate surface area is 112 Å². The number of hydrogen-bond donors (Lipinski definition) is 2. The highest BCUT2D eigenvalue weighted by Gasteiger charge is 2.20. The van der Waals surface area contributed by atoms with Gasteiger partial charge in [0.05, 0.1) is 4.88 Å². The Balaban J connectivity index is 1.66. The van der Waals surface area contributed by atoms with Gasteiger partial charge in [-0.2, -0.15) is 0 Å². The van der Waals surface area contributed by atoms with Crippen LogP contribution in [0, 0.1) is 0 Å². The van der Waals surface area contributed by atoms with Gasteiger partial charge >= 0.3 is 0 Å². The van der Waals surface area contributed by atoms with Gasteiger partial charge in [-0.3, -0.25) is 4.79 Å². The molecule has 3 rings (SSSR count). The van der Waals surface area contributed by atoms with E-state index in [9.17, 15) is 4.79 Å². The molecule has 1 amide bonds. The maximum atomic E-state index is 12.2. The van der Waals surface area contributed by atoms with Crippen LogP contribution in [0.5, 0.6) is 0 Å². The number of rotatable bonds is 2. The average Bonchev–Trinajstić information content (AvgIpc) is 2.84. The highest BCUT2D eigenvalue weighted by Crippen LogP contribution is 2.29. The smallest absolute Gasteiger partial charge is 0.261 e. The van der Waals surface area contributed by atoms with Gasteiger partial charge in [-0.25, -0.2) is 0 Å². The van der Waals surface area contributed by atoms with E-state index in [1.165, 1.54) is 23.3 Å². The standard InChI is InChI=1S/C14H20N2OS/c17-14(16-11-5-3-7-15-9-11)13-8-10-4-1-2-6-12(10)18-13/h8,11,15H,1-7,9H2,(H,16,17)/t11-/m1/s1.